The second kappa shape index (κ2) is 11.1. The maximum absolute atomic E-state index is 11.8. The zero-order chi connectivity index (χ0) is 22.2. The number of carbonyl (C=O) groups excluding carboxylic acids is 1. The number of aliphatic imine (C=N–C) groups is 1. The van der Waals surface area contributed by atoms with Crippen molar-refractivity contribution in [2.24, 2.45) is 4.99 Å². The molecule has 1 atom stereocenters. The van der Waals surface area contributed by atoms with Crippen molar-refractivity contribution in [1.82, 2.24) is 20.4 Å². The Morgan fingerprint density at radius 3 is 2.41 bits per heavy atom. The van der Waals surface area contributed by atoms with Gasteiger partial charge in [0.2, 0.25) is 5.91 Å². The average Bonchev–Trinajstić information content (AvgIpc) is 3.44. The molecule has 2 saturated heterocycles. The van der Waals surface area contributed by atoms with Gasteiger partial charge in [-0.25, -0.2) is 0 Å². The van der Waals surface area contributed by atoms with Crippen molar-refractivity contribution in [1.29, 1.82) is 0 Å². The van der Waals surface area contributed by atoms with E-state index in [4.69, 9.17) is 0 Å². The molecule has 6 heteroatoms. The molecule has 0 saturated carbocycles. The lowest BCUT2D eigenvalue weighted by Gasteiger charge is -2.25. The quantitative estimate of drug-likeness (QED) is 0.496. The number of nitrogens with zero attached hydrogens (tertiary/aromatic N) is 3. The van der Waals surface area contributed by atoms with Gasteiger partial charge in [0.05, 0.1) is 0 Å². The van der Waals surface area contributed by atoms with Crippen molar-refractivity contribution in [2.45, 2.75) is 51.4 Å². The SMILES string of the molecule is CN=C(NCc1ccc(CN2CCCC2=O)cc1)NCC1CCCN1Cc1ccccc1. The molecule has 4 rings (SSSR count). The van der Waals surface area contributed by atoms with Crippen LogP contribution in [0.4, 0.5) is 0 Å². The first kappa shape index (κ1) is 22.3. The summed E-state index contributed by atoms with van der Waals surface area (Å²) in [5.41, 5.74) is 3.77. The molecule has 2 aromatic rings. The third kappa shape index (κ3) is 6.10. The maximum atomic E-state index is 11.8. The van der Waals surface area contributed by atoms with Gasteiger partial charge in [0.1, 0.15) is 0 Å². The Hall–Kier alpha value is -2.86. The molecule has 2 aliphatic heterocycles. The third-order valence-corrected chi connectivity index (χ3v) is 6.48. The molecule has 6 nitrogen and oxygen atoms in total. The van der Waals surface area contributed by atoms with Crippen LogP contribution in [-0.2, 0) is 24.4 Å². The highest BCUT2D eigenvalue weighted by Gasteiger charge is 2.24. The lowest BCUT2D eigenvalue weighted by Crippen LogP contribution is -2.44. The summed E-state index contributed by atoms with van der Waals surface area (Å²) in [7, 11) is 1.82. The molecule has 2 aromatic carbocycles. The zero-order valence-corrected chi connectivity index (χ0v) is 19.1. The van der Waals surface area contributed by atoms with E-state index >= 15 is 0 Å². The van der Waals surface area contributed by atoms with Crippen molar-refractivity contribution in [3.63, 3.8) is 0 Å². The van der Waals surface area contributed by atoms with Gasteiger partial charge in [-0.15, -0.1) is 0 Å². The lowest BCUT2D eigenvalue weighted by atomic mass is 10.1. The summed E-state index contributed by atoms with van der Waals surface area (Å²) in [4.78, 5) is 20.7. The zero-order valence-electron chi connectivity index (χ0n) is 19.1. The fraction of sp³-hybridized carbons (Fsp3) is 0.462. The number of guanidine groups is 1. The molecule has 2 aliphatic rings. The minimum atomic E-state index is 0.273. The summed E-state index contributed by atoms with van der Waals surface area (Å²) < 4.78 is 0. The standard InChI is InChI=1S/C26H35N5O/c1-27-26(29-18-24-9-5-15-30(24)19-22-7-3-2-4-8-22)28-17-21-11-13-23(14-12-21)20-31-16-6-10-25(31)32/h2-4,7-8,11-14,24H,5-6,9-10,15-20H2,1H3,(H2,27,28,29). The number of rotatable bonds is 8. The molecule has 32 heavy (non-hydrogen) atoms. The Kier molecular flexibility index (Phi) is 7.77. The van der Waals surface area contributed by atoms with Crippen molar-refractivity contribution in [2.75, 3.05) is 26.7 Å². The van der Waals surface area contributed by atoms with Crippen molar-refractivity contribution in [3.05, 3.63) is 71.3 Å². The minimum Gasteiger partial charge on any atom is -0.355 e. The fourth-order valence-corrected chi connectivity index (χ4v) is 4.63. The van der Waals surface area contributed by atoms with Crippen LogP contribution >= 0.6 is 0 Å². The van der Waals surface area contributed by atoms with Crippen LogP contribution in [0, 0.1) is 0 Å². The monoisotopic (exact) mass is 433 g/mol. The van der Waals surface area contributed by atoms with E-state index in [1.165, 1.54) is 29.5 Å². The van der Waals surface area contributed by atoms with E-state index in [0.717, 1.165) is 51.6 Å². The van der Waals surface area contributed by atoms with Crippen LogP contribution in [0.5, 0.6) is 0 Å². The van der Waals surface area contributed by atoms with Gasteiger partial charge in [-0.1, -0.05) is 54.6 Å². The predicted molar refractivity (Wildman–Crippen MR) is 129 cm³/mol. The molecule has 0 aliphatic carbocycles. The first-order chi connectivity index (χ1) is 15.7. The van der Waals surface area contributed by atoms with Gasteiger partial charge in [-0.2, -0.15) is 0 Å². The first-order valence-electron chi connectivity index (χ1n) is 11.8. The predicted octanol–water partition coefficient (Wildman–Crippen LogP) is 3.14. The third-order valence-electron chi connectivity index (χ3n) is 6.48. The number of hydrogen-bond donors (Lipinski definition) is 2. The van der Waals surface area contributed by atoms with Crippen molar-refractivity contribution >= 4 is 11.9 Å². The highest BCUT2D eigenvalue weighted by molar-refractivity contribution is 5.79. The number of hydrogen-bond acceptors (Lipinski definition) is 3. The van der Waals surface area contributed by atoms with Crippen molar-refractivity contribution in [3.8, 4) is 0 Å². The number of likely N-dealkylation sites (tertiary alicyclic amines) is 2. The molecule has 0 radical (unpaired) electrons. The Bertz CT molecular complexity index is 896. The topological polar surface area (TPSA) is 60.0 Å². The van der Waals surface area contributed by atoms with Gasteiger partial charge in [0.15, 0.2) is 5.96 Å². The van der Waals surface area contributed by atoms with E-state index in [-0.39, 0.29) is 5.91 Å². The first-order valence-corrected chi connectivity index (χ1v) is 11.8. The second-order valence-corrected chi connectivity index (χ2v) is 8.79. The Labute approximate surface area is 191 Å². The van der Waals surface area contributed by atoms with Crippen LogP contribution in [0.3, 0.4) is 0 Å². The highest BCUT2D eigenvalue weighted by Crippen LogP contribution is 2.19. The van der Waals surface area contributed by atoms with Crippen LogP contribution in [0.15, 0.2) is 59.6 Å². The Balaban J connectivity index is 1.22. The number of carbonyl (C=O) groups is 1. The van der Waals surface area contributed by atoms with E-state index in [1.54, 1.807) is 0 Å². The molecule has 1 unspecified atom stereocenters. The number of amides is 1. The molecule has 0 spiro atoms. The molecule has 2 heterocycles. The van der Waals surface area contributed by atoms with Crippen LogP contribution in [0.1, 0.15) is 42.4 Å². The summed E-state index contributed by atoms with van der Waals surface area (Å²) in [6, 6.07) is 19.8. The maximum Gasteiger partial charge on any atom is 0.222 e. The van der Waals surface area contributed by atoms with Crippen molar-refractivity contribution < 1.29 is 4.79 Å². The van der Waals surface area contributed by atoms with Gasteiger partial charge in [0.25, 0.3) is 0 Å². The number of benzene rings is 2. The molecule has 2 N–H and O–H groups in total. The van der Waals surface area contributed by atoms with Gasteiger partial charge in [-0.3, -0.25) is 14.7 Å². The van der Waals surface area contributed by atoms with Gasteiger partial charge < -0.3 is 15.5 Å². The summed E-state index contributed by atoms with van der Waals surface area (Å²) in [5.74, 6) is 1.11. The summed E-state index contributed by atoms with van der Waals surface area (Å²) in [6.45, 7) is 5.39. The van der Waals surface area contributed by atoms with Crippen LogP contribution < -0.4 is 10.6 Å². The van der Waals surface area contributed by atoms with Crippen LogP contribution in [-0.4, -0.2) is 54.4 Å². The second-order valence-electron chi connectivity index (χ2n) is 8.79. The average molecular weight is 434 g/mol. The molecule has 0 aromatic heterocycles. The normalized spacial score (nSPS) is 19.5. The summed E-state index contributed by atoms with van der Waals surface area (Å²) in [6.07, 6.45) is 4.15. The Morgan fingerprint density at radius 2 is 1.69 bits per heavy atom. The molecular weight excluding hydrogens is 398 g/mol. The van der Waals surface area contributed by atoms with E-state index in [9.17, 15) is 4.79 Å². The molecule has 2 fully saturated rings. The lowest BCUT2D eigenvalue weighted by molar-refractivity contribution is -0.128. The van der Waals surface area contributed by atoms with Gasteiger partial charge >= 0.3 is 0 Å². The van der Waals surface area contributed by atoms with E-state index < -0.39 is 0 Å². The van der Waals surface area contributed by atoms with Crippen LogP contribution in [0.2, 0.25) is 0 Å². The largest absolute Gasteiger partial charge is 0.355 e. The number of nitrogens with one attached hydrogen (secondary N) is 2. The van der Waals surface area contributed by atoms with E-state index in [1.807, 2.05) is 11.9 Å². The van der Waals surface area contributed by atoms with Gasteiger partial charge in [-0.05, 0) is 42.5 Å². The fourth-order valence-electron chi connectivity index (χ4n) is 4.63. The molecule has 170 valence electrons. The highest BCUT2D eigenvalue weighted by atomic mass is 16.2. The Morgan fingerprint density at radius 1 is 0.938 bits per heavy atom. The summed E-state index contributed by atoms with van der Waals surface area (Å²) in [5, 5.41) is 6.94. The van der Waals surface area contributed by atoms with E-state index in [0.29, 0.717) is 12.5 Å². The van der Waals surface area contributed by atoms with Crippen LogP contribution in [0.25, 0.3) is 0 Å². The summed E-state index contributed by atoms with van der Waals surface area (Å²) >= 11 is 0. The molecule has 0 bridgehead atoms. The molecular formula is C26H35N5O. The molecule has 1 amide bonds. The smallest absolute Gasteiger partial charge is 0.222 e. The van der Waals surface area contributed by atoms with E-state index in [2.05, 4.69) is 75.1 Å². The minimum absolute atomic E-state index is 0.273. The van der Waals surface area contributed by atoms with Gasteiger partial charge in [0, 0.05) is 52.2 Å².